The molecule has 5 nitrogen and oxygen atoms in total. The third kappa shape index (κ3) is 3.66. The fourth-order valence-corrected chi connectivity index (χ4v) is 3.82. The second-order valence-corrected chi connectivity index (χ2v) is 7.35. The van der Waals surface area contributed by atoms with Crippen molar-refractivity contribution >= 4 is 17.8 Å². The lowest BCUT2D eigenvalue weighted by Gasteiger charge is -2.26. The lowest BCUT2D eigenvalue weighted by Crippen LogP contribution is -2.20. The first-order valence-electron chi connectivity index (χ1n) is 9.72. The zero-order valence-electron chi connectivity index (χ0n) is 16.6. The molecule has 1 aliphatic carbocycles. The van der Waals surface area contributed by atoms with Crippen LogP contribution in [-0.4, -0.2) is 20.3 Å². The number of nitrogens with two attached hydrogens (primary N) is 1. The molecule has 0 radical (unpaired) electrons. The maximum atomic E-state index is 8.91. The third-order valence-electron chi connectivity index (χ3n) is 5.50. The van der Waals surface area contributed by atoms with Crippen molar-refractivity contribution in [2.24, 2.45) is 5.92 Å². The summed E-state index contributed by atoms with van der Waals surface area (Å²) in [5.41, 5.74) is 10.9. The molecule has 2 aliphatic rings. The van der Waals surface area contributed by atoms with Crippen LogP contribution in [0, 0.1) is 17.2 Å². The first kappa shape index (κ1) is 18.9. The number of methoxy groups -OCH3 is 2. The fourth-order valence-electron chi connectivity index (χ4n) is 3.82. The Morgan fingerprint density at radius 2 is 2.10 bits per heavy atom. The average molecular weight is 388 g/mol. The molecule has 0 amide bonds. The number of hydrogen-bond donors (Lipinski definition) is 1. The van der Waals surface area contributed by atoms with Gasteiger partial charge in [0.05, 0.1) is 20.3 Å². The van der Waals surface area contributed by atoms with Gasteiger partial charge in [-0.15, -0.1) is 0 Å². The molecular weight excluding hydrogens is 364 g/mol. The Hall–Kier alpha value is -3.39. The summed E-state index contributed by atoms with van der Waals surface area (Å²) in [6, 6.07) is 9.75. The molecule has 0 aromatic heterocycles. The Labute approximate surface area is 171 Å². The molecule has 1 atom stereocenters. The van der Waals surface area contributed by atoms with Crippen LogP contribution in [0.15, 0.2) is 36.4 Å². The predicted octanol–water partition coefficient (Wildman–Crippen LogP) is 4.60. The van der Waals surface area contributed by atoms with Crippen molar-refractivity contribution in [3.63, 3.8) is 0 Å². The van der Waals surface area contributed by atoms with E-state index in [0.717, 1.165) is 28.0 Å². The number of hydrogen-bond acceptors (Lipinski definition) is 5. The van der Waals surface area contributed by atoms with Crippen LogP contribution in [0.1, 0.15) is 35.1 Å². The second-order valence-electron chi connectivity index (χ2n) is 7.35. The number of nitrogens with zero attached hydrogens (tertiary/aromatic N) is 1. The van der Waals surface area contributed by atoms with Gasteiger partial charge >= 0.3 is 0 Å². The lowest BCUT2D eigenvalue weighted by atomic mass is 9.92. The summed E-state index contributed by atoms with van der Waals surface area (Å²) in [5.74, 6) is 2.55. The SMILES string of the molecule is COc1cc(Cc2c(N)cccc2C=CC#N)c2c(c1OC)OC(C1CC1)C=C2. The van der Waals surface area contributed by atoms with Crippen molar-refractivity contribution in [1.82, 2.24) is 0 Å². The van der Waals surface area contributed by atoms with Gasteiger partial charge in [0.1, 0.15) is 6.10 Å². The Kier molecular flexibility index (Phi) is 5.18. The van der Waals surface area contributed by atoms with Crippen LogP contribution in [0.3, 0.4) is 0 Å². The molecule has 1 aliphatic heterocycles. The molecular formula is C24H24N2O3. The Balaban J connectivity index is 1.81. The standard InChI is InChI=1S/C24H24N2O3/c1-27-22-14-17(13-19-15(6-4-12-25)5-3-7-20(19)26)18-10-11-21(16-8-9-16)29-23(18)24(22)28-2/h3-7,10-11,14,16,21H,8-9,13,26H2,1-2H3. The number of rotatable bonds is 6. The molecule has 4 rings (SSSR count). The van der Waals surface area contributed by atoms with Crippen molar-refractivity contribution in [3.05, 3.63) is 58.7 Å². The highest BCUT2D eigenvalue weighted by molar-refractivity contribution is 5.74. The molecule has 148 valence electrons. The molecule has 0 spiro atoms. The smallest absolute Gasteiger partial charge is 0.203 e. The summed E-state index contributed by atoms with van der Waals surface area (Å²) in [7, 11) is 3.26. The van der Waals surface area contributed by atoms with Crippen molar-refractivity contribution in [3.8, 4) is 23.3 Å². The van der Waals surface area contributed by atoms with Crippen molar-refractivity contribution in [2.75, 3.05) is 20.0 Å². The first-order chi connectivity index (χ1) is 14.2. The van der Waals surface area contributed by atoms with E-state index in [4.69, 9.17) is 25.2 Å². The van der Waals surface area contributed by atoms with E-state index in [9.17, 15) is 0 Å². The van der Waals surface area contributed by atoms with Gasteiger partial charge in [-0.1, -0.05) is 18.2 Å². The molecule has 2 aromatic rings. The molecule has 29 heavy (non-hydrogen) atoms. The van der Waals surface area contributed by atoms with E-state index in [2.05, 4.69) is 12.2 Å². The summed E-state index contributed by atoms with van der Waals surface area (Å²) < 4.78 is 17.6. The molecule has 2 aromatic carbocycles. The Bertz CT molecular complexity index is 1030. The van der Waals surface area contributed by atoms with Crippen LogP contribution in [-0.2, 0) is 6.42 Å². The Morgan fingerprint density at radius 3 is 2.79 bits per heavy atom. The highest BCUT2D eigenvalue weighted by atomic mass is 16.5. The van der Waals surface area contributed by atoms with Gasteiger partial charge in [-0.2, -0.15) is 5.26 Å². The van der Waals surface area contributed by atoms with Crippen LogP contribution in [0.4, 0.5) is 5.69 Å². The highest BCUT2D eigenvalue weighted by Crippen LogP contribution is 2.48. The van der Waals surface area contributed by atoms with E-state index in [-0.39, 0.29) is 6.10 Å². The number of ether oxygens (including phenoxy) is 3. The predicted molar refractivity (Wildman–Crippen MR) is 114 cm³/mol. The van der Waals surface area contributed by atoms with E-state index in [0.29, 0.717) is 29.5 Å². The van der Waals surface area contributed by atoms with Gasteiger partial charge in [-0.05, 0) is 59.7 Å². The number of fused-ring (bicyclic) bond motifs is 1. The summed E-state index contributed by atoms with van der Waals surface area (Å²) in [6.07, 6.45) is 10.6. The van der Waals surface area contributed by atoms with Crippen LogP contribution in [0.5, 0.6) is 17.2 Å². The molecule has 5 heteroatoms. The molecule has 0 bridgehead atoms. The maximum absolute atomic E-state index is 8.91. The number of benzene rings is 2. The van der Waals surface area contributed by atoms with Gasteiger partial charge in [0.2, 0.25) is 5.75 Å². The van der Waals surface area contributed by atoms with E-state index in [1.165, 1.54) is 18.9 Å². The van der Waals surface area contributed by atoms with Gasteiger partial charge in [-0.3, -0.25) is 0 Å². The van der Waals surface area contributed by atoms with E-state index in [1.807, 2.05) is 30.3 Å². The van der Waals surface area contributed by atoms with Crippen molar-refractivity contribution in [2.45, 2.75) is 25.4 Å². The normalized spacial score (nSPS) is 17.5. The van der Waals surface area contributed by atoms with Crippen molar-refractivity contribution in [1.29, 1.82) is 5.26 Å². The van der Waals surface area contributed by atoms with E-state index in [1.54, 1.807) is 20.3 Å². The highest BCUT2D eigenvalue weighted by Gasteiger charge is 2.35. The number of nitrogen functional groups attached to an aromatic ring is 1. The van der Waals surface area contributed by atoms with Crippen molar-refractivity contribution < 1.29 is 14.2 Å². The van der Waals surface area contributed by atoms with Gasteiger partial charge in [0.15, 0.2) is 11.5 Å². The van der Waals surface area contributed by atoms with Gasteiger partial charge in [0, 0.05) is 23.7 Å². The average Bonchev–Trinajstić information content (AvgIpc) is 3.58. The summed E-state index contributed by atoms with van der Waals surface area (Å²) in [5, 5.41) is 8.91. The number of nitriles is 1. The molecule has 0 saturated heterocycles. The monoisotopic (exact) mass is 388 g/mol. The quantitative estimate of drug-likeness (QED) is 0.578. The van der Waals surface area contributed by atoms with E-state index < -0.39 is 0 Å². The summed E-state index contributed by atoms with van der Waals surface area (Å²) in [6.45, 7) is 0. The van der Waals surface area contributed by atoms with Gasteiger partial charge in [0.25, 0.3) is 0 Å². The zero-order chi connectivity index (χ0) is 20.4. The number of allylic oxidation sites excluding steroid dienone is 1. The minimum atomic E-state index is 0.0762. The van der Waals surface area contributed by atoms with Crippen LogP contribution in [0.2, 0.25) is 0 Å². The molecule has 1 fully saturated rings. The first-order valence-corrected chi connectivity index (χ1v) is 9.72. The molecule has 1 saturated carbocycles. The molecule has 1 heterocycles. The second kappa shape index (κ2) is 7.92. The summed E-state index contributed by atoms with van der Waals surface area (Å²) in [4.78, 5) is 0. The minimum Gasteiger partial charge on any atom is -0.493 e. The van der Waals surface area contributed by atoms with Gasteiger partial charge < -0.3 is 19.9 Å². The maximum Gasteiger partial charge on any atom is 0.203 e. The topological polar surface area (TPSA) is 77.5 Å². The van der Waals surface area contributed by atoms with Crippen LogP contribution >= 0.6 is 0 Å². The number of anilines is 1. The molecule has 1 unspecified atom stereocenters. The zero-order valence-corrected chi connectivity index (χ0v) is 16.6. The summed E-state index contributed by atoms with van der Waals surface area (Å²) >= 11 is 0. The van der Waals surface area contributed by atoms with E-state index >= 15 is 0 Å². The van der Waals surface area contributed by atoms with Crippen LogP contribution < -0.4 is 19.9 Å². The molecule has 2 N–H and O–H groups in total. The largest absolute Gasteiger partial charge is 0.493 e. The van der Waals surface area contributed by atoms with Crippen LogP contribution in [0.25, 0.3) is 12.2 Å². The fraction of sp³-hybridized carbons (Fsp3) is 0.292. The minimum absolute atomic E-state index is 0.0762. The Morgan fingerprint density at radius 1 is 1.28 bits per heavy atom. The van der Waals surface area contributed by atoms with Gasteiger partial charge in [-0.25, -0.2) is 0 Å². The third-order valence-corrected chi connectivity index (χ3v) is 5.50. The lowest BCUT2D eigenvalue weighted by molar-refractivity contribution is 0.209.